The van der Waals surface area contributed by atoms with E-state index in [1.807, 2.05) is 0 Å². The van der Waals surface area contributed by atoms with E-state index in [9.17, 15) is 0 Å². The summed E-state index contributed by atoms with van der Waals surface area (Å²) in [5, 5.41) is 0.215. The number of fused-ring (bicyclic) bond motifs is 1. The third-order valence-electron chi connectivity index (χ3n) is 3.60. The Balaban J connectivity index is 2.10. The molecule has 0 radical (unpaired) electrons. The quantitative estimate of drug-likeness (QED) is 0.652. The molecule has 2 aromatic carbocycles. The van der Waals surface area contributed by atoms with Gasteiger partial charge in [0, 0.05) is 11.3 Å². The maximum absolute atomic E-state index is 6.54. The topological polar surface area (TPSA) is 0 Å². The van der Waals surface area contributed by atoms with Crippen LogP contribution in [0.15, 0.2) is 54.6 Å². The normalized spacial score (nSPS) is 23.1. The van der Waals surface area contributed by atoms with Gasteiger partial charge in [-0.1, -0.05) is 54.6 Å². The molecule has 0 heterocycles. The summed E-state index contributed by atoms with van der Waals surface area (Å²) in [6.07, 6.45) is 2.17. The minimum absolute atomic E-state index is 0.215. The number of rotatable bonds is 1. The number of alkyl halides is 1. The van der Waals surface area contributed by atoms with Gasteiger partial charge in [-0.15, -0.1) is 11.6 Å². The minimum Gasteiger partial charge on any atom is -0.122 e. The summed E-state index contributed by atoms with van der Waals surface area (Å²) in [5.74, 6) is 0.350. The summed E-state index contributed by atoms with van der Waals surface area (Å²) in [7, 11) is 0. The zero-order chi connectivity index (χ0) is 11.7. The molecule has 0 amide bonds. The first-order valence-corrected chi connectivity index (χ1v) is 6.57. The van der Waals surface area contributed by atoms with Crippen molar-refractivity contribution in [2.24, 2.45) is 0 Å². The predicted molar refractivity (Wildman–Crippen MR) is 72.7 cm³/mol. The van der Waals surface area contributed by atoms with Gasteiger partial charge in [-0.05, 0) is 29.5 Å². The van der Waals surface area contributed by atoms with E-state index in [1.54, 1.807) is 0 Å². The molecular weight excluding hydrogens is 228 g/mol. The first kappa shape index (κ1) is 10.9. The van der Waals surface area contributed by atoms with Crippen LogP contribution >= 0.6 is 11.6 Å². The van der Waals surface area contributed by atoms with Gasteiger partial charge in [0.2, 0.25) is 0 Å². The summed E-state index contributed by atoms with van der Waals surface area (Å²) >= 11 is 6.54. The van der Waals surface area contributed by atoms with Gasteiger partial charge in [-0.25, -0.2) is 0 Å². The number of aryl methyl sites for hydroxylation is 1. The van der Waals surface area contributed by atoms with E-state index in [4.69, 9.17) is 11.6 Å². The summed E-state index contributed by atoms with van der Waals surface area (Å²) in [4.78, 5) is 0. The average molecular weight is 243 g/mol. The second-order valence-electron chi connectivity index (χ2n) is 4.64. The lowest BCUT2D eigenvalue weighted by atomic mass is 9.78. The third kappa shape index (κ3) is 1.98. The molecule has 0 nitrogen and oxygen atoms in total. The van der Waals surface area contributed by atoms with Crippen LogP contribution in [0.4, 0.5) is 0 Å². The van der Waals surface area contributed by atoms with Crippen molar-refractivity contribution in [2.45, 2.75) is 24.1 Å². The van der Waals surface area contributed by atoms with Crippen molar-refractivity contribution < 1.29 is 0 Å². The van der Waals surface area contributed by atoms with E-state index < -0.39 is 0 Å². The highest BCUT2D eigenvalue weighted by Gasteiger charge is 2.28. The van der Waals surface area contributed by atoms with Crippen molar-refractivity contribution in [2.75, 3.05) is 0 Å². The number of halogens is 1. The molecule has 1 aliphatic carbocycles. The fourth-order valence-corrected chi connectivity index (χ4v) is 3.16. The van der Waals surface area contributed by atoms with Gasteiger partial charge in [0.1, 0.15) is 0 Å². The third-order valence-corrected chi connectivity index (χ3v) is 4.07. The van der Waals surface area contributed by atoms with Crippen molar-refractivity contribution in [1.29, 1.82) is 0 Å². The molecule has 0 aromatic heterocycles. The van der Waals surface area contributed by atoms with Gasteiger partial charge in [-0.2, -0.15) is 0 Å². The van der Waals surface area contributed by atoms with Crippen molar-refractivity contribution in [3.63, 3.8) is 0 Å². The molecule has 86 valence electrons. The molecular formula is C16H15Cl. The van der Waals surface area contributed by atoms with Gasteiger partial charge in [0.25, 0.3) is 0 Å². The van der Waals surface area contributed by atoms with Crippen LogP contribution in [0.2, 0.25) is 0 Å². The fraction of sp³-hybridized carbons (Fsp3) is 0.250. The van der Waals surface area contributed by atoms with Gasteiger partial charge in [0.15, 0.2) is 0 Å². The van der Waals surface area contributed by atoms with Gasteiger partial charge < -0.3 is 0 Å². The fourth-order valence-electron chi connectivity index (χ4n) is 2.77. The lowest BCUT2D eigenvalue weighted by molar-refractivity contribution is 0.625. The Hall–Kier alpha value is -1.27. The Labute approximate surface area is 107 Å². The molecule has 0 aliphatic heterocycles. The smallest absolute Gasteiger partial charge is 0.0448 e. The molecule has 3 rings (SSSR count). The molecule has 0 fully saturated rings. The van der Waals surface area contributed by atoms with E-state index in [-0.39, 0.29) is 5.38 Å². The first-order chi connectivity index (χ1) is 8.36. The van der Waals surface area contributed by atoms with Gasteiger partial charge >= 0.3 is 0 Å². The summed E-state index contributed by atoms with van der Waals surface area (Å²) in [5.41, 5.74) is 4.20. The maximum atomic E-state index is 6.54. The molecule has 17 heavy (non-hydrogen) atoms. The Morgan fingerprint density at radius 3 is 2.41 bits per heavy atom. The maximum Gasteiger partial charge on any atom is 0.0448 e. The van der Waals surface area contributed by atoms with Crippen LogP contribution in [0.3, 0.4) is 0 Å². The zero-order valence-corrected chi connectivity index (χ0v) is 10.4. The molecule has 1 aliphatic rings. The van der Waals surface area contributed by atoms with E-state index >= 15 is 0 Å². The molecule has 1 heteroatoms. The van der Waals surface area contributed by atoms with Crippen molar-refractivity contribution in [1.82, 2.24) is 0 Å². The summed E-state index contributed by atoms with van der Waals surface area (Å²) in [6.45, 7) is 0. The van der Waals surface area contributed by atoms with E-state index in [2.05, 4.69) is 54.6 Å². The Morgan fingerprint density at radius 2 is 1.59 bits per heavy atom. The van der Waals surface area contributed by atoms with Crippen LogP contribution in [0.1, 0.15) is 29.0 Å². The number of benzene rings is 2. The molecule has 0 saturated heterocycles. The highest BCUT2D eigenvalue weighted by Crippen LogP contribution is 2.39. The molecule has 0 saturated carbocycles. The largest absolute Gasteiger partial charge is 0.122 e. The van der Waals surface area contributed by atoms with Crippen LogP contribution in [-0.2, 0) is 6.42 Å². The van der Waals surface area contributed by atoms with Crippen molar-refractivity contribution in [3.8, 4) is 0 Å². The molecule has 0 N–H and O–H groups in total. The summed E-state index contributed by atoms with van der Waals surface area (Å²) < 4.78 is 0. The highest BCUT2D eigenvalue weighted by atomic mass is 35.5. The standard InChI is InChI=1S/C16H15Cl/c17-15-11-10-12-6-4-5-9-14(12)16(15)13-7-2-1-3-8-13/h1-9,15-16H,10-11H2/t15-,16+/m1/s1. The molecule has 0 bridgehead atoms. The SMILES string of the molecule is Cl[C@@H]1CCc2ccccc2[C@@H]1c1ccccc1. The Bertz CT molecular complexity index is 504. The van der Waals surface area contributed by atoms with Crippen molar-refractivity contribution >= 4 is 11.6 Å². The Kier molecular flexibility index (Phi) is 2.90. The minimum atomic E-state index is 0.215. The molecule has 0 spiro atoms. The van der Waals surface area contributed by atoms with Crippen LogP contribution in [0.5, 0.6) is 0 Å². The second kappa shape index (κ2) is 4.54. The molecule has 2 aromatic rings. The van der Waals surface area contributed by atoms with Crippen LogP contribution < -0.4 is 0 Å². The zero-order valence-electron chi connectivity index (χ0n) is 9.64. The van der Waals surface area contributed by atoms with Gasteiger partial charge in [0.05, 0.1) is 0 Å². The lowest BCUT2D eigenvalue weighted by Crippen LogP contribution is -2.21. The van der Waals surface area contributed by atoms with Gasteiger partial charge in [-0.3, -0.25) is 0 Å². The lowest BCUT2D eigenvalue weighted by Gasteiger charge is -2.30. The van der Waals surface area contributed by atoms with E-state index in [0.717, 1.165) is 12.8 Å². The van der Waals surface area contributed by atoms with Crippen LogP contribution in [0, 0.1) is 0 Å². The van der Waals surface area contributed by atoms with E-state index in [0.29, 0.717) is 5.92 Å². The monoisotopic (exact) mass is 242 g/mol. The van der Waals surface area contributed by atoms with Crippen LogP contribution in [0.25, 0.3) is 0 Å². The van der Waals surface area contributed by atoms with Crippen LogP contribution in [-0.4, -0.2) is 5.38 Å². The summed E-state index contributed by atoms with van der Waals surface area (Å²) in [6, 6.07) is 19.3. The average Bonchev–Trinajstić information content (AvgIpc) is 2.39. The first-order valence-electron chi connectivity index (χ1n) is 6.13. The van der Waals surface area contributed by atoms with Crippen molar-refractivity contribution in [3.05, 3.63) is 71.3 Å². The molecule has 0 unspecified atom stereocenters. The Morgan fingerprint density at radius 1 is 0.882 bits per heavy atom. The number of hydrogen-bond donors (Lipinski definition) is 0. The predicted octanol–water partition coefficient (Wildman–Crippen LogP) is 4.37. The molecule has 2 atom stereocenters. The second-order valence-corrected chi connectivity index (χ2v) is 5.20. The highest BCUT2D eigenvalue weighted by molar-refractivity contribution is 6.21. The van der Waals surface area contributed by atoms with E-state index in [1.165, 1.54) is 16.7 Å². The number of hydrogen-bond acceptors (Lipinski definition) is 0.